The number of hydrogen-bond acceptors (Lipinski definition) is 5. The van der Waals surface area contributed by atoms with Crippen molar-refractivity contribution in [3.8, 4) is 17.2 Å². The van der Waals surface area contributed by atoms with Crippen LogP contribution in [0.5, 0.6) is 17.2 Å². The summed E-state index contributed by atoms with van der Waals surface area (Å²) in [6.07, 6.45) is -0.180. The smallest absolute Gasteiger partial charge is 0.347 e. The van der Waals surface area contributed by atoms with Crippen LogP contribution >= 0.6 is 0 Å². The molecule has 30 heavy (non-hydrogen) atoms. The summed E-state index contributed by atoms with van der Waals surface area (Å²) < 4.78 is 23.1. The lowest BCUT2D eigenvalue weighted by Crippen LogP contribution is -2.27. The molecule has 4 rings (SSSR count). The molecule has 3 aromatic rings. The monoisotopic (exact) mass is 404 g/mol. The van der Waals surface area contributed by atoms with E-state index in [4.69, 9.17) is 18.9 Å². The van der Waals surface area contributed by atoms with Gasteiger partial charge in [0, 0.05) is 18.1 Å². The van der Waals surface area contributed by atoms with Gasteiger partial charge in [-0.15, -0.1) is 0 Å². The van der Waals surface area contributed by atoms with Crippen molar-refractivity contribution in [2.45, 2.75) is 32.7 Å². The van der Waals surface area contributed by atoms with E-state index in [0.717, 1.165) is 16.7 Å². The fourth-order valence-electron chi connectivity index (χ4n) is 3.31. The van der Waals surface area contributed by atoms with Crippen LogP contribution in [0, 0.1) is 0 Å². The Morgan fingerprint density at radius 2 is 1.47 bits per heavy atom. The fourth-order valence-corrected chi connectivity index (χ4v) is 3.31. The van der Waals surface area contributed by atoms with E-state index < -0.39 is 6.10 Å². The zero-order valence-electron chi connectivity index (χ0n) is 16.9. The molecule has 5 nitrogen and oxygen atoms in total. The van der Waals surface area contributed by atoms with Gasteiger partial charge in [-0.25, -0.2) is 4.79 Å². The fraction of sp³-hybridized carbons (Fsp3) is 0.240. The molecule has 1 atom stereocenters. The normalized spacial score (nSPS) is 14.5. The van der Waals surface area contributed by atoms with Gasteiger partial charge in [-0.3, -0.25) is 0 Å². The van der Waals surface area contributed by atoms with Crippen molar-refractivity contribution in [3.63, 3.8) is 0 Å². The molecule has 0 N–H and O–H groups in total. The quantitative estimate of drug-likeness (QED) is 0.509. The molecule has 1 aliphatic heterocycles. The van der Waals surface area contributed by atoms with Crippen molar-refractivity contribution in [2.24, 2.45) is 0 Å². The van der Waals surface area contributed by atoms with Crippen LogP contribution in [0.3, 0.4) is 0 Å². The second-order valence-corrected chi connectivity index (χ2v) is 7.02. The van der Waals surface area contributed by atoms with Crippen LogP contribution in [0.4, 0.5) is 0 Å². The number of benzene rings is 3. The van der Waals surface area contributed by atoms with Crippen LogP contribution in [0.25, 0.3) is 0 Å². The van der Waals surface area contributed by atoms with Crippen LogP contribution < -0.4 is 14.2 Å². The van der Waals surface area contributed by atoms with Crippen LogP contribution in [-0.4, -0.2) is 18.7 Å². The van der Waals surface area contributed by atoms with Gasteiger partial charge in [-0.05, 0) is 24.1 Å². The molecule has 0 bridgehead atoms. The highest BCUT2D eigenvalue weighted by atomic mass is 16.6. The van der Waals surface area contributed by atoms with Gasteiger partial charge in [0.05, 0.1) is 6.61 Å². The Labute approximate surface area is 176 Å². The van der Waals surface area contributed by atoms with Crippen molar-refractivity contribution in [3.05, 3.63) is 89.5 Å². The summed E-state index contributed by atoms with van der Waals surface area (Å²) in [7, 11) is 0. The van der Waals surface area contributed by atoms with Crippen LogP contribution in [0.15, 0.2) is 72.8 Å². The molecule has 0 saturated carbocycles. The summed E-state index contributed by atoms with van der Waals surface area (Å²) >= 11 is 0. The Morgan fingerprint density at radius 1 is 0.900 bits per heavy atom. The molecule has 154 valence electrons. The molecule has 0 aliphatic carbocycles. The maximum Gasteiger partial charge on any atom is 0.347 e. The lowest BCUT2D eigenvalue weighted by Gasteiger charge is -2.15. The first-order valence-electron chi connectivity index (χ1n) is 10.1. The van der Waals surface area contributed by atoms with Gasteiger partial charge in [-0.1, -0.05) is 60.7 Å². The van der Waals surface area contributed by atoms with E-state index in [1.807, 2.05) is 66.7 Å². The summed E-state index contributed by atoms with van der Waals surface area (Å²) in [6, 6.07) is 23.6. The zero-order valence-corrected chi connectivity index (χ0v) is 16.9. The minimum absolute atomic E-state index is 0.325. The number of rotatable bonds is 8. The van der Waals surface area contributed by atoms with E-state index in [1.54, 1.807) is 13.0 Å². The van der Waals surface area contributed by atoms with Crippen LogP contribution in [-0.2, 0) is 29.2 Å². The average Bonchev–Trinajstić information content (AvgIpc) is 3.20. The number of ether oxygens (including phenoxy) is 4. The van der Waals surface area contributed by atoms with Gasteiger partial charge in [0.25, 0.3) is 0 Å². The molecule has 0 aromatic heterocycles. The van der Waals surface area contributed by atoms with E-state index in [1.165, 1.54) is 0 Å². The van der Waals surface area contributed by atoms with E-state index in [0.29, 0.717) is 43.5 Å². The number of carbonyl (C=O) groups is 1. The van der Waals surface area contributed by atoms with Crippen LogP contribution in [0.1, 0.15) is 23.6 Å². The maximum absolute atomic E-state index is 12.1. The number of hydrogen-bond donors (Lipinski definition) is 0. The first-order valence-corrected chi connectivity index (χ1v) is 10.1. The summed E-state index contributed by atoms with van der Waals surface area (Å²) in [5, 5.41) is 0. The van der Waals surface area contributed by atoms with E-state index in [9.17, 15) is 4.79 Å². The topological polar surface area (TPSA) is 54.0 Å². The van der Waals surface area contributed by atoms with E-state index >= 15 is 0 Å². The van der Waals surface area contributed by atoms with Crippen molar-refractivity contribution in [1.82, 2.24) is 0 Å². The van der Waals surface area contributed by atoms with Gasteiger partial charge in [-0.2, -0.15) is 0 Å². The molecular formula is C25H24O5. The molecular weight excluding hydrogens is 380 g/mol. The number of esters is 1. The van der Waals surface area contributed by atoms with Crippen molar-refractivity contribution in [2.75, 3.05) is 6.61 Å². The van der Waals surface area contributed by atoms with Crippen molar-refractivity contribution >= 4 is 5.97 Å². The first kappa shape index (κ1) is 19.8. The summed E-state index contributed by atoms with van der Waals surface area (Å²) in [6.45, 7) is 2.93. The largest absolute Gasteiger partial charge is 0.485 e. The zero-order chi connectivity index (χ0) is 20.8. The molecule has 5 heteroatoms. The molecule has 0 saturated heterocycles. The Bertz CT molecular complexity index is 913. The summed E-state index contributed by atoms with van der Waals surface area (Å²) in [4.78, 5) is 12.1. The third kappa shape index (κ3) is 4.74. The summed E-state index contributed by atoms with van der Waals surface area (Å²) in [5.41, 5.74) is 3.02. The average molecular weight is 404 g/mol. The Kier molecular flexibility index (Phi) is 6.18. The van der Waals surface area contributed by atoms with Gasteiger partial charge >= 0.3 is 5.97 Å². The van der Waals surface area contributed by atoms with E-state index in [2.05, 4.69) is 0 Å². The molecule has 3 aromatic carbocycles. The van der Waals surface area contributed by atoms with E-state index in [-0.39, 0.29) is 5.97 Å². The Hall–Kier alpha value is -3.47. The number of fused-ring (bicyclic) bond motifs is 1. The molecule has 1 unspecified atom stereocenters. The maximum atomic E-state index is 12.1. The first-order chi connectivity index (χ1) is 14.7. The second-order valence-electron chi connectivity index (χ2n) is 7.02. The highest BCUT2D eigenvalue weighted by Gasteiger charge is 2.32. The molecule has 1 heterocycles. The molecule has 1 aliphatic rings. The third-order valence-corrected chi connectivity index (χ3v) is 4.83. The van der Waals surface area contributed by atoms with Crippen molar-refractivity contribution in [1.29, 1.82) is 0 Å². The lowest BCUT2D eigenvalue weighted by molar-refractivity contribution is -0.150. The van der Waals surface area contributed by atoms with Gasteiger partial charge in [0.2, 0.25) is 0 Å². The predicted molar refractivity (Wildman–Crippen MR) is 113 cm³/mol. The predicted octanol–water partition coefficient (Wildman–Crippen LogP) is 4.71. The molecule has 0 spiro atoms. The summed E-state index contributed by atoms with van der Waals surface area (Å²) in [5.74, 6) is 1.48. The number of carbonyl (C=O) groups excluding carboxylic acids is 1. The Balaban J connectivity index is 1.55. The highest BCUT2D eigenvalue weighted by Crippen LogP contribution is 2.40. The second kappa shape index (κ2) is 9.35. The Morgan fingerprint density at radius 3 is 2.03 bits per heavy atom. The van der Waals surface area contributed by atoms with Crippen molar-refractivity contribution < 1.29 is 23.7 Å². The third-order valence-electron chi connectivity index (χ3n) is 4.83. The SMILES string of the molecule is CCOC(=O)C1Cc2cc(OCc3ccccc3)c(OCc3ccccc3)cc2O1. The van der Waals surface area contributed by atoms with Gasteiger partial charge in [0.1, 0.15) is 19.0 Å². The van der Waals surface area contributed by atoms with Gasteiger partial charge in [0.15, 0.2) is 17.6 Å². The standard InChI is InChI=1S/C25H24O5/c1-2-27-25(26)24-14-20-13-22(28-16-18-9-5-3-6-10-18)23(15-21(20)30-24)29-17-19-11-7-4-8-12-19/h3-13,15,24H,2,14,16-17H2,1H3. The minimum atomic E-state index is -0.633. The molecule has 0 radical (unpaired) electrons. The molecule has 0 amide bonds. The lowest BCUT2D eigenvalue weighted by atomic mass is 10.1. The van der Waals surface area contributed by atoms with Crippen LogP contribution in [0.2, 0.25) is 0 Å². The highest BCUT2D eigenvalue weighted by molar-refractivity contribution is 5.77. The van der Waals surface area contributed by atoms with Gasteiger partial charge < -0.3 is 18.9 Å². The minimum Gasteiger partial charge on any atom is -0.485 e. The molecule has 0 fully saturated rings.